The summed E-state index contributed by atoms with van der Waals surface area (Å²) in [6, 6.07) is 1.99. The second-order valence-corrected chi connectivity index (χ2v) is 4.73. The summed E-state index contributed by atoms with van der Waals surface area (Å²) in [5.74, 6) is 1.67. The molecule has 2 heterocycles. The summed E-state index contributed by atoms with van der Waals surface area (Å²) in [5, 5.41) is 7.67. The van der Waals surface area contributed by atoms with E-state index in [1.807, 2.05) is 16.8 Å². The zero-order valence-corrected chi connectivity index (χ0v) is 11.3. The minimum Gasteiger partial charge on any atom is -0.368 e. The number of aromatic nitrogens is 3. The normalized spacial score (nSPS) is 12.8. The first kappa shape index (κ1) is 12.9. The first-order valence-electron chi connectivity index (χ1n) is 6.87. The third kappa shape index (κ3) is 3.00. The Labute approximate surface area is 108 Å². The first-order valence-corrected chi connectivity index (χ1v) is 6.87. The van der Waals surface area contributed by atoms with E-state index >= 15 is 0 Å². The fourth-order valence-corrected chi connectivity index (χ4v) is 2.18. The van der Waals surface area contributed by atoms with Crippen LogP contribution in [0.15, 0.2) is 24.7 Å². The number of rotatable bonds is 7. The van der Waals surface area contributed by atoms with Gasteiger partial charge in [-0.05, 0) is 18.4 Å². The van der Waals surface area contributed by atoms with Gasteiger partial charge in [0.1, 0.15) is 5.52 Å². The van der Waals surface area contributed by atoms with Crippen LogP contribution in [0.25, 0.3) is 5.52 Å². The van der Waals surface area contributed by atoms with E-state index in [-0.39, 0.29) is 0 Å². The van der Waals surface area contributed by atoms with E-state index in [0.717, 1.165) is 23.8 Å². The molecule has 2 aromatic heterocycles. The maximum Gasteiger partial charge on any atom is 0.152 e. The van der Waals surface area contributed by atoms with Crippen molar-refractivity contribution in [2.75, 3.05) is 11.9 Å². The molecule has 0 aliphatic carbocycles. The molecule has 0 aliphatic heterocycles. The fraction of sp³-hybridized carbons (Fsp3) is 0.571. The zero-order chi connectivity index (χ0) is 12.8. The molecule has 1 unspecified atom stereocenters. The second kappa shape index (κ2) is 6.38. The van der Waals surface area contributed by atoms with Crippen LogP contribution in [0, 0.1) is 5.92 Å². The van der Waals surface area contributed by atoms with Crippen LogP contribution in [-0.4, -0.2) is 21.1 Å². The standard InChI is InChI=1S/C14H22N4/c1-3-5-6-12(4-2)11-16-14-13-7-8-17-18(13)10-9-15-14/h7-10,12H,3-6,11H2,1-2H3,(H,15,16). The van der Waals surface area contributed by atoms with Gasteiger partial charge in [0.05, 0.1) is 6.20 Å². The quantitative estimate of drug-likeness (QED) is 0.814. The Hall–Kier alpha value is -1.58. The van der Waals surface area contributed by atoms with Gasteiger partial charge in [-0.25, -0.2) is 9.50 Å². The smallest absolute Gasteiger partial charge is 0.152 e. The van der Waals surface area contributed by atoms with E-state index in [2.05, 4.69) is 29.2 Å². The summed E-state index contributed by atoms with van der Waals surface area (Å²) in [7, 11) is 0. The predicted octanol–water partition coefficient (Wildman–Crippen LogP) is 3.36. The highest BCUT2D eigenvalue weighted by Crippen LogP contribution is 2.16. The Balaban J connectivity index is 1.98. The Bertz CT molecular complexity index is 477. The van der Waals surface area contributed by atoms with Crippen LogP contribution in [0.3, 0.4) is 0 Å². The number of unbranched alkanes of at least 4 members (excludes halogenated alkanes) is 1. The third-order valence-electron chi connectivity index (χ3n) is 3.43. The van der Waals surface area contributed by atoms with Crippen LogP contribution in [0.4, 0.5) is 5.82 Å². The van der Waals surface area contributed by atoms with Crippen molar-refractivity contribution >= 4 is 11.3 Å². The maximum absolute atomic E-state index is 4.39. The van der Waals surface area contributed by atoms with Gasteiger partial charge in [-0.3, -0.25) is 0 Å². The van der Waals surface area contributed by atoms with Crippen molar-refractivity contribution < 1.29 is 0 Å². The van der Waals surface area contributed by atoms with Crippen molar-refractivity contribution in [1.82, 2.24) is 14.6 Å². The summed E-state index contributed by atoms with van der Waals surface area (Å²) < 4.78 is 1.85. The minimum absolute atomic E-state index is 0.731. The van der Waals surface area contributed by atoms with Gasteiger partial charge in [-0.2, -0.15) is 5.10 Å². The van der Waals surface area contributed by atoms with Crippen molar-refractivity contribution in [3.63, 3.8) is 0 Å². The zero-order valence-electron chi connectivity index (χ0n) is 11.3. The van der Waals surface area contributed by atoms with Crippen molar-refractivity contribution in [3.8, 4) is 0 Å². The van der Waals surface area contributed by atoms with Gasteiger partial charge < -0.3 is 5.32 Å². The molecule has 0 saturated carbocycles. The van der Waals surface area contributed by atoms with Crippen LogP contribution >= 0.6 is 0 Å². The van der Waals surface area contributed by atoms with E-state index in [1.165, 1.54) is 25.7 Å². The lowest BCUT2D eigenvalue weighted by molar-refractivity contribution is 0.472. The molecule has 18 heavy (non-hydrogen) atoms. The third-order valence-corrected chi connectivity index (χ3v) is 3.43. The lowest BCUT2D eigenvalue weighted by Gasteiger charge is -2.15. The van der Waals surface area contributed by atoms with Gasteiger partial charge in [0, 0.05) is 18.9 Å². The number of hydrogen-bond donors (Lipinski definition) is 1. The van der Waals surface area contributed by atoms with E-state index in [4.69, 9.17) is 0 Å². The molecule has 4 nitrogen and oxygen atoms in total. The molecule has 2 aromatic rings. The fourth-order valence-electron chi connectivity index (χ4n) is 2.18. The number of nitrogens with zero attached hydrogens (tertiary/aromatic N) is 3. The Kier molecular flexibility index (Phi) is 4.56. The van der Waals surface area contributed by atoms with Crippen molar-refractivity contribution in [1.29, 1.82) is 0 Å². The van der Waals surface area contributed by atoms with Gasteiger partial charge in [-0.1, -0.05) is 33.1 Å². The van der Waals surface area contributed by atoms with Gasteiger partial charge >= 0.3 is 0 Å². The Morgan fingerprint density at radius 1 is 1.33 bits per heavy atom. The molecule has 98 valence electrons. The van der Waals surface area contributed by atoms with Crippen LogP contribution < -0.4 is 5.32 Å². The summed E-state index contributed by atoms with van der Waals surface area (Å²) in [6.07, 6.45) is 10.6. The molecule has 0 bridgehead atoms. The predicted molar refractivity (Wildman–Crippen MR) is 74.8 cm³/mol. The van der Waals surface area contributed by atoms with Gasteiger partial charge in [0.2, 0.25) is 0 Å². The van der Waals surface area contributed by atoms with E-state index < -0.39 is 0 Å². The highest BCUT2D eigenvalue weighted by atomic mass is 15.2. The van der Waals surface area contributed by atoms with Crippen LogP contribution in [0.2, 0.25) is 0 Å². The first-order chi connectivity index (χ1) is 8.85. The molecule has 0 radical (unpaired) electrons. The largest absolute Gasteiger partial charge is 0.368 e. The minimum atomic E-state index is 0.731. The molecule has 0 spiro atoms. The topological polar surface area (TPSA) is 42.2 Å². The molecule has 0 fully saturated rings. The van der Waals surface area contributed by atoms with E-state index in [0.29, 0.717) is 0 Å². The molecule has 0 amide bonds. The van der Waals surface area contributed by atoms with Crippen LogP contribution in [0.5, 0.6) is 0 Å². The highest BCUT2D eigenvalue weighted by molar-refractivity contribution is 5.66. The van der Waals surface area contributed by atoms with E-state index in [9.17, 15) is 0 Å². The molecule has 1 atom stereocenters. The van der Waals surface area contributed by atoms with Crippen LogP contribution in [-0.2, 0) is 0 Å². The average Bonchev–Trinajstić information content (AvgIpc) is 2.88. The van der Waals surface area contributed by atoms with Crippen molar-refractivity contribution in [2.24, 2.45) is 5.92 Å². The summed E-state index contributed by atoms with van der Waals surface area (Å²) >= 11 is 0. The highest BCUT2D eigenvalue weighted by Gasteiger charge is 2.08. The Morgan fingerprint density at radius 2 is 2.22 bits per heavy atom. The van der Waals surface area contributed by atoms with Gasteiger partial charge in [0.15, 0.2) is 5.82 Å². The van der Waals surface area contributed by atoms with Gasteiger partial charge in [0.25, 0.3) is 0 Å². The molecule has 2 rings (SSSR count). The SMILES string of the molecule is CCCCC(CC)CNc1nccn2nccc12. The Morgan fingerprint density at radius 3 is 3.00 bits per heavy atom. The lowest BCUT2D eigenvalue weighted by atomic mass is 9.99. The van der Waals surface area contributed by atoms with Crippen molar-refractivity contribution in [3.05, 3.63) is 24.7 Å². The number of hydrogen-bond acceptors (Lipinski definition) is 3. The lowest BCUT2D eigenvalue weighted by Crippen LogP contribution is -2.15. The number of fused-ring (bicyclic) bond motifs is 1. The number of nitrogens with one attached hydrogen (secondary N) is 1. The maximum atomic E-state index is 4.39. The molecule has 0 aromatic carbocycles. The van der Waals surface area contributed by atoms with Gasteiger partial charge in [-0.15, -0.1) is 0 Å². The monoisotopic (exact) mass is 246 g/mol. The van der Waals surface area contributed by atoms with Crippen molar-refractivity contribution in [2.45, 2.75) is 39.5 Å². The molecule has 0 saturated heterocycles. The summed E-state index contributed by atoms with van der Waals surface area (Å²) in [6.45, 7) is 5.50. The summed E-state index contributed by atoms with van der Waals surface area (Å²) in [4.78, 5) is 4.39. The summed E-state index contributed by atoms with van der Waals surface area (Å²) in [5.41, 5.74) is 1.04. The molecular weight excluding hydrogens is 224 g/mol. The average molecular weight is 246 g/mol. The second-order valence-electron chi connectivity index (χ2n) is 4.73. The molecule has 1 N–H and O–H groups in total. The van der Waals surface area contributed by atoms with Crippen LogP contribution in [0.1, 0.15) is 39.5 Å². The molecular formula is C14H22N4. The number of anilines is 1. The molecule has 0 aliphatic rings. The molecule has 4 heteroatoms. The van der Waals surface area contributed by atoms with E-state index in [1.54, 1.807) is 12.4 Å².